The molecule has 0 spiro atoms. The Hall–Kier alpha value is -2.78. The van der Waals surface area contributed by atoms with E-state index in [-0.39, 0.29) is 22.8 Å². The van der Waals surface area contributed by atoms with Gasteiger partial charge in [-0.3, -0.25) is 4.79 Å². The maximum absolute atomic E-state index is 13.2. The van der Waals surface area contributed by atoms with Crippen molar-refractivity contribution in [2.24, 2.45) is 5.92 Å². The van der Waals surface area contributed by atoms with Crippen molar-refractivity contribution in [3.8, 4) is 17.2 Å². The molecule has 1 unspecified atom stereocenters. The molecule has 0 saturated carbocycles. The minimum atomic E-state index is -3.68. The van der Waals surface area contributed by atoms with Crippen molar-refractivity contribution in [3.05, 3.63) is 48.0 Å². The molecule has 0 radical (unpaired) electrons. The molecule has 2 heterocycles. The van der Waals surface area contributed by atoms with Gasteiger partial charge < -0.3 is 19.5 Å². The second-order valence-corrected chi connectivity index (χ2v) is 10.5. The highest BCUT2D eigenvalue weighted by atomic mass is 32.2. The minimum Gasteiger partial charge on any atom is -0.494 e. The van der Waals surface area contributed by atoms with E-state index < -0.39 is 10.0 Å². The summed E-state index contributed by atoms with van der Waals surface area (Å²) in [7, 11) is -3.68. The average molecular weight is 489 g/mol. The molecule has 1 N–H and O–H groups in total. The zero-order valence-corrected chi connectivity index (χ0v) is 20.5. The number of hydrogen-bond donors (Lipinski definition) is 1. The fraction of sp³-hybridized carbons (Fsp3) is 0.480. The van der Waals surface area contributed by atoms with Crippen LogP contribution in [0.25, 0.3) is 0 Å². The van der Waals surface area contributed by atoms with E-state index in [4.69, 9.17) is 14.2 Å². The molecule has 1 fully saturated rings. The van der Waals surface area contributed by atoms with Crippen LogP contribution in [0.2, 0.25) is 0 Å². The summed E-state index contributed by atoms with van der Waals surface area (Å²) in [4.78, 5) is 13.0. The highest BCUT2D eigenvalue weighted by molar-refractivity contribution is 7.89. The number of sulfonamides is 1. The second-order valence-electron chi connectivity index (χ2n) is 8.57. The van der Waals surface area contributed by atoms with Gasteiger partial charge in [-0.05, 0) is 56.5 Å². The topological polar surface area (TPSA) is 94.2 Å². The third-order valence-corrected chi connectivity index (χ3v) is 8.13. The van der Waals surface area contributed by atoms with Crippen LogP contribution in [0.4, 0.5) is 0 Å². The summed E-state index contributed by atoms with van der Waals surface area (Å²) in [6, 6.07) is 12.3. The molecule has 184 valence electrons. The molecule has 4 rings (SSSR count). The van der Waals surface area contributed by atoms with E-state index in [1.165, 1.54) is 10.4 Å². The fourth-order valence-electron chi connectivity index (χ4n) is 4.25. The van der Waals surface area contributed by atoms with Crippen molar-refractivity contribution < 1.29 is 27.4 Å². The van der Waals surface area contributed by atoms with E-state index in [0.717, 1.165) is 17.7 Å². The summed E-state index contributed by atoms with van der Waals surface area (Å²) in [5.41, 5.74) is 0.992. The first kappa shape index (κ1) is 24.3. The lowest BCUT2D eigenvalue weighted by Gasteiger charge is -2.31. The molecule has 8 nitrogen and oxygen atoms in total. The van der Waals surface area contributed by atoms with E-state index in [2.05, 4.69) is 5.32 Å². The molecule has 1 saturated heterocycles. The molecule has 0 bridgehead atoms. The number of amides is 1. The summed E-state index contributed by atoms with van der Waals surface area (Å²) in [5.74, 6) is 1.55. The van der Waals surface area contributed by atoms with Crippen LogP contribution < -0.4 is 19.5 Å². The average Bonchev–Trinajstić information content (AvgIpc) is 3.09. The predicted molar refractivity (Wildman–Crippen MR) is 128 cm³/mol. The number of carbonyl (C=O) groups excluding carboxylic acids is 1. The van der Waals surface area contributed by atoms with E-state index in [1.807, 2.05) is 38.1 Å². The van der Waals surface area contributed by atoms with Crippen LogP contribution in [-0.2, 0) is 14.8 Å². The Balaban J connectivity index is 1.34. The first-order chi connectivity index (χ1) is 16.4. The number of rotatable bonds is 7. The summed E-state index contributed by atoms with van der Waals surface area (Å²) in [6.45, 7) is 6.12. The molecule has 2 aromatic rings. The van der Waals surface area contributed by atoms with Gasteiger partial charge in [-0.1, -0.05) is 12.1 Å². The number of benzene rings is 2. The predicted octanol–water partition coefficient (Wildman–Crippen LogP) is 3.52. The van der Waals surface area contributed by atoms with Crippen LogP contribution in [0.5, 0.6) is 17.2 Å². The van der Waals surface area contributed by atoms with Gasteiger partial charge in [0.2, 0.25) is 15.9 Å². The normalized spacial score (nSPS) is 18.1. The molecule has 1 amide bonds. The van der Waals surface area contributed by atoms with Crippen molar-refractivity contribution in [2.45, 2.75) is 44.0 Å². The first-order valence-corrected chi connectivity index (χ1v) is 13.3. The van der Waals surface area contributed by atoms with Gasteiger partial charge in [0.1, 0.15) is 5.75 Å². The third kappa shape index (κ3) is 5.47. The summed E-state index contributed by atoms with van der Waals surface area (Å²) < 4.78 is 44.5. The zero-order valence-electron chi connectivity index (χ0n) is 19.7. The van der Waals surface area contributed by atoms with Gasteiger partial charge in [0.15, 0.2) is 11.5 Å². The van der Waals surface area contributed by atoms with Gasteiger partial charge in [-0.25, -0.2) is 8.42 Å². The summed E-state index contributed by atoms with van der Waals surface area (Å²) >= 11 is 0. The minimum absolute atomic E-state index is 0.0472. The third-order valence-electron chi connectivity index (χ3n) is 6.23. The summed E-state index contributed by atoms with van der Waals surface area (Å²) in [5, 5.41) is 3.06. The van der Waals surface area contributed by atoms with Gasteiger partial charge in [-0.15, -0.1) is 0 Å². The van der Waals surface area contributed by atoms with Gasteiger partial charge >= 0.3 is 0 Å². The van der Waals surface area contributed by atoms with Crippen LogP contribution in [0.15, 0.2) is 47.4 Å². The Labute approximate surface area is 201 Å². The Bertz CT molecular complexity index is 1090. The van der Waals surface area contributed by atoms with Gasteiger partial charge in [0.05, 0.1) is 30.8 Å². The highest BCUT2D eigenvalue weighted by Gasteiger charge is 2.33. The van der Waals surface area contributed by atoms with E-state index in [0.29, 0.717) is 57.3 Å². The standard InChI is InChI=1S/C25H32N2O6S/c1-3-31-21-7-5-19(6-8-21)18(2)26-25(28)20-11-13-27(14-12-20)34(29,30)22-9-10-23-24(17-22)33-16-4-15-32-23/h5-10,17-18,20H,3-4,11-16H2,1-2H3,(H,26,28). The highest BCUT2D eigenvalue weighted by Crippen LogP contribution is 2.34. The van der Waals surface area contributed by atoms with Crippen LogP contribution >= 0.6 is 0 Å². The van der Waals surface area contributed by atoms with Gasteiger partial charge in [0, 0.05) is 31.5 Å². The molecule has 2 aliphatic rings. The van der Waals surface area contributed by atoms with Crippen molar-refractivity contribution in [1.82, 2.24) is 9.62 Å². The van der Waals surface area contributed by atoms with Gasteiger partial charge in [0.25, 0.3) is 0 Å². The van der Waals surface area contributed by atoms with Crippen molar-refractivity contribution in [1.29, 1.82) is 0 Å². The molecule has 34 heavy (non-hydrogen) atoms. The first-order valence-electron chi connectivity index (χ1n) is 11.8. The van der Waals surface area contributed by atoms with Crippen LogP contribution in [-0.4, -0.2) is 51.5 Å². The number of ether oxygens (including phenoxy) is 3. The smallest absolute Gasteiger partial charge is 0.243 e. The fourth-order valence-corrected chi connectivity index (χ4v) is 5.73. The van der Waals surface area contributed by atoms with Crippen LogP contribution in [0, 0.1) is 5.92 Å². The lowest BCUT2D eigenvalue weighted by Crippen LogP contribution is -2.43. The lowest BCUT2D eigenvalue weighted by molar-refractivity contribution is -0.126. The van der Waals surface area contributed by atoms with E-state index in [9.17, 15) is 13.2 Å². The Morgan fingerprint density at radius 1 is 1.09 bits per heavy atom. The quantitative estimate of drug-likeness (QED) is 0.641. The molecule has 0 aliphatic carbocycles. The zero-order chi connectivity index (χ0) is 24.1. The molecule has 2 aliphatic heterocycles. The number of piperidine rings is 1. The Morgan fingerprint density at radius 2 is 1.76 bits per heavy atom. The number of fused-ring (bicyclic) bond motifs is 1. The molecule has 2 aromatic carbocycles. The summed E-state index contributed by atoms with van der Waals surface area (Å²) in [6.07, 6.45) is 1.71. The second kappa shape index (κ2) is 10.7. The molecular weight excluding hydrogens is 456 g/mol. The number of hydrogen-bond acceptors (Lipinski definition) is 6. The van der Waals surface area contributed by atoms with Crippen LogP contribution in [0.1, 0.15) is 44.7 Å². The number of nitrogens with one attached hydrogen (secondary N) is 1. The molecular formula is C25H32N2O6S. The number of nitrogens with zero attached hydrogens (tertiary/aromatic N) is 1. The van der Waals surface area contributed by atoms with Crippen molar-refractivity contribution in [2.75, 3.05) is 32.9 Å². The van der Waals surface area contributed by atoms with Crippen molar-refractivity contribution >= 4 is 15.9 Å². The lowest BCUT2D eigenvalue weighted by atomic mass is 9.96. The molecule has 9 heteroatoms. The molecule has 0 aromatic heterocycles. The largest absolute Gasteiger partial charge is 0.494 e. The monoisotopic (exact) mass is 488 g/mol. The maximum Gasteiger partial charge on any atom is 0.243 e. The SMILES string of the molecule is CCOc1ccc(C(C)NC(=O)C2CCN(S(=O)(=O)c3ccc4c(c3)OCCCO4)CC2)cc1. The Morgan fingerprint density at radius 3 is 2.44 bits per heavy atom. The van der Waals surface area contributed by atoms with E-state index in [1.54, 1.807) is 12.1 Å². The number of carbonyl (C=O) groups is 1. The molecule has 1 atom stereocenters. The Kier molecular flexibility index (Phi) is 7.63. The van der Waals surface area contributed by atoms with E-state index >= 15 is 0 Å². The maximum atomic E-state index is 13.2. The van der Waals surface area contributed by atoms with Gasteiger partial charge in [-0.2, -0.15) is 4.31 Å². The van der Waals surface area contributed by atoms with Crippen molar-refractivity contribution in [3.63, 3.8) is 0 Å². The van der Waals surface area contributed by atoms with Crippen LogP contribution in [0.3, 0.4) is 0 Å².